The van der Waals surface area contributed by atoms with Gasteiger partial charge in [-0.15, -0.1) is 5.10 Å². The first-order chi connectivity index (χ1) is 20.6. The van der Waals surface area contributed by atoms with Gasteiger partial charge in [0.25, 0.3) is 0 Å². The molecular weight excluding hydrogens is 586 g/mol. The number of carbonyl (C=O) groups excluding carboxylic acids is 4. The van der Waals surface area contributed by atoms with Crippen LogP contribution >= 0.6 is 0 Å². The molecule has 1 fully saturated rings. The van der Waals surface area contributed by atoms with Crippen LogP contribution in [0.15, 0.2) is 6.20 Å². The van der Waals surface area contributed by atoms with E-state index in [9.17, 15) is 24.3 Å². The van der Waals surface area contributed by atoms with Crippen molar-refractivity contribution >= 4 is 24.2 Å². The average Bonchev–Trinajstić information content (AvgIpc) is 3.34. The Kier molecular flexibility index (Phi) is 13.0. The molecule has 0 aliphatic carbocycles. The van der Waals surface area contributed by atoms with Gasteiger partial charge in [0.15, 0.2) is 6.04 Å². The SMILES string of the molecule is CC(O)[C@@H](C(=O)N1CCN(C(=O)OC(C)(C)C)CC1)n1cc([C@@H](CCCCNC(=O)OC(C)(C)C)NC(=O)OC(C)(C)C)nn1. The molecule has 45 heavy (non-hydrogen) atoms. The predicted octanol–water partition coefficient (Wildman–Crippen LogP) is 3.54. The highest BCUT2D eigenvalue weighted by Crippen LogP contribution is 2.23. The van der Waals surface area contributed by atoms with Crippen LogP contribution in [-0.4, -0.2) is 110 Å². The van der Waals surface area contributed by atoms with Crippen molar-refractivity contribution in [3.8, 4) is 0 Å². The smallest absolute Gasteiger partial charge is 0.410 e. The van der Waals surface area contributed by atoms with Crippen molar-refractivity contribution in [2.24, 2.45) is 0 Å². The second-order valence-electron chi connectivity index (χ2n) is 14.2. The van der Waals surface area contributed by atoms with Crippen molar-refractivity contribution in [2.75, 3.05) is 32.7 Å². The number of unbranched alkanes of at least 4 members (excludes halogenated alkanes) is 1. The number of aliphatic hydroxyl groups is 1. The minimum Gasteiger partial charge on any atom is -0.444 e. The topological polar surface area (TPSA) is 177 Å². The van der Waals surface area contributed by atoms with E-state index in [0.717, 1.165) is 0 Å². The van der Waals surface area contributed by atoms with Gasteiger partial charge in [-0.25, -0.2) is 19.1 Å². The molecule has 1 aromatic heterocycles. The van der Waals surface area contributed by atoms with Crippen LogP contribution in [-0.2, 0) is 19.0 Å². The molecule has 2 heterocycles. The zero-order valence-corrected chi connectivity index (χ0v) is 28.5. The van der Waals surface area contributed by atoms with E-state index in [4.69, 9.17) is 14.2 Å². The molecular formula is C30H53N7O8. The first-order valence-electron chi connectivity index (χ1n) is 15.5. The van der Waals surface area contributed by atoms with Gasteiger partial charge in [0.2, 0.25) is 5.91 Å². The van der Waals surface area contributed by atoms with Crippen LogP contribution in [0.2, 0.25) is 0 Å². The highest BCUT2D eigenvalue weighted by molar-refractivity contribution is 5.81. The average molecular weight is 640 g/mol. The van der Waals surface area contributed by atoms with Crippen LogP contribution in [0.4, 0.5) is 14.4 Å². The number of ether oxygens (including phenoxy) is 3. The van der Waals surface area contributed by atoms with Gasteiger partial charge in [-0.3, -0.25) is 4.79 Å². The zero-order chi connectivity index (χ0) is 34.2. The zero-order valence-electron chi connectivity index (χ0n) is 28.5. The minimum absolute atomic E-state index is 0.267. The first kappa shape index (κ1) is 37.6. The lowest BCUT2D eigenvalue weighted by Gasteiger charge is -2.37. The number of piperazine rings is 1. The van der Waals surface area contributed by atoms with Crippen LogP contribution in [0.5, 0.6) is 0 Å². The Balaban J connectivity index is 2.10. The molecule has 0 radical (unpaired) electrons. The van der Waals surface area contributed by atoms with Crippen LogP contribution in [0.25, 0.3) is 0 Å². The Hall–Kier alpha value is -3.62. The van der Waals surface area contributed by atoms with E-state index in [2.05, 4.69) is 20.9 Å². The second-order valence-corrected chi connectivity index (χ2v) is 14.2. The van der Waals surface area contributed by atoms with Crippen LogP contribution < -0.4 is 10.6 Å². The Bertz CT molecular complexity index is 1140. The van der Waals surface area contributed by atoms with Crippen molar-refractivity contribution < 1.29 is 38.5 Å². The minimum atomic E-state index is -1.10. The van der Waals surface area contributed by atoms with E-state index >= 15 is 0 Å². The third-order valence-electron chi connectivity index (χ3n) is 6.40. The molecule has 15 nitrogen and oxygen atoms in total. The fourth-order valence-corrected chi connectivity index (χ4v) is 4.47. The third-order valence-corrected chi connectivity index (χ3v) is 6.40. The summed E-state index contributed by atoms with van der Waals surface area (Å²) in [6.07, 6.45) is 0.488. The van der Waals surface area contributed by atoms with Crippen LogP contribution in [0.3, 0.4) is 0 Å². The lowest BCUT2D eigenvalue weighted by molar-refractivity contribution is -0.140. The van der Waals surface area contributed by atoms with Crippen molar-refractivity contribution in [1.29, 1.82) is 0 Å². The molecule has 1 aromatic rings. The van der Waals surface area contributed by atoms with E-state index in [1.165, 1.54) is 17.8 Å². The maximum atomic E-state index is 13.6. The highest BCUT2D eigenvalue weighted by Gasteiger charge is 2.35. The quantitative estimate of drug-likeness (QED) is 0.253. The largest absolute Gasteiger partial charge is 0.444 e. The summed E-state index contributed by atoms with van der Waals surface area (Å²) in [6, 6.07) is -1.68. The number of alkyl carbamates (subject to hydrolysis) is 2. The van der Waals surface area contributed by atoms with Crippen LogP contribution in [0, 0.1) is 0 Å². The summed E-state index contributed by atoms with van der Waals surface area (Å²) < 4.78 is 17.4. The normalized spacial score (nSPS) is 16.3. The van der Waals surface area contributed by atoms with Crippen molar-refractivity contribution in [1.82, 2.24) is 35.4 Å². The molecule has 3 atom stereocenters. The number of amides is 4. The molecule has 1 unspecified atom stereocenters. The number of hydrogen-bond donors (Lipinski definition) is 3. The van der Waals surface area contributed by atoms with Gasteiger partial charge < -0.3 is 39.8 Å². The predicted molar refractivity (Wildman–Crippen MR) is 165 cm³/mol. The molecule has 15 heteroatoms. The maximum absolute atomic E-state index is 13.6. The number of rotatable bonds is 10. The first-order valence-corrected chi connectivity index (χ1v) is 15.5. The van der Waals surface area contributed by atoms with Crippen LogP contribution in [0.1, 0.15) is 106 Å². The Morgan fingerprint density at radius 1 is 0.844 bits per heavy atom. The number of nitrogens with one attached hydrogen (secondary N) is 2. The Labute approximate surface area is 266 Å². The van der Waals surface area contributed by atoms with E-state index in [1.54, 1.807) is 72.1 Å². The number of hydrogen-bond acceptors (Lipinski definition) is 10. The molecule has 1 saturated heterocycles. The molecule has 0 spiro atoms. The lowest BCUT2D eigenvalue weighted by Crippen LogP contribution is -2.54. The fourth-order valence-electron chi connectivity index (χ4n) is 4.47. The van der Waals surface area contributed by atoms with Crippen molar-refractivity contribution in [2.45, 2.75) is 123 Å². The van der Waals surface area contributed by atoms with Crippen molar-refractivity contribution in [3.05, 3.63) is 11.9 Å². The summed E-state index contributed by atoms with van der Waals surface area (Å²) in [5.74, 6) is -0.366. The van der Waals surface area contributed by atoms with Gasteiger partial charge in [-0.1, -0.05) is 5.21 Å². The molecule has 256 valence electrons. The van der Waals surface area contributed by atoms with Gasteiger partial charge >= 0.3 is 18.3 Å². The Morgan fingerprint density at radius 3 is 1.91 bits per heavy atom. The summed E-state index contributed by atoms with van der Waals surface area (Å²) in [7, 11) is 0. The summed E-state index contributed by atoms with van der Waals surface area (Å²) in [5.41, 5.74) is -1.56. The summed E-state index contributed by atoms with van der Waals surface area (Å²) in [5, 5.41) is 24.5. The summed E-state index contributed by atoms with van der Waals surface area (Å²) in [6.45, 7) is 19.0. The number of aromatic nitrogens is 3. The van der Waals surface area contributed by atoms with Gasteiger partial charge in [0, 0.05) is 32.7 Å². The highest BCUT2D eigenvalue weighted by atomic mass is 16.6. The molecule has 4 amide bonds. The van der Waals surface area contributed by atoms with Gasteiger partial charge in [-0.2, -0.15) is 0 Å². The summed E-state index contributed by atoms with van der Waals surface area (Å²) in [4.78, 5) is 53.7. The Morgan fingerprint density at radius 2 is 1.38 bits per heavy atom. The van der Waals surface area contributed by atoms with Gasteiger partial charge in [-0.05, 0) is 88.5 Å². The monoisotopic (exact) mass is 639 g/mol. The van der Waals surface area contributed by atoms with E-state index < -0.39 is 53.3 Å². The number of nitrogens with zero attached hydrogens (tertiary/aromatic N) is 5. The van der Waals surface area contributed by atoms with Gasteiger partial charge in [0.1, 0.15) is 22.5 Å². The molecule has 1 aliphatic heterocycles. The van der Waals surface area contributed by atoms with E-state index in [-0.39, 0.29) is 19.0 Å². The standard InChI is InChI=1S/C30H53N7O8/c1-20(38)23(24(39)35-15-17-36(18-16-35)27(42)45-30(8,9)10)37-19-22(33-34-37)21(32-26(41)44-29(5,6)7)13-11-12-14-31-25(40)43-28(2,3)4/h19-21,23,38H,11-18H2,1-10H3,(H,31,40)(H,32,41)/t20?,21-,23+/m1/s1. The fraction of sp³-hybridized carbons (Fsp3) is 0.800. The molecule has 0 bridgehead atoms. The molecule has 3 N–H and O–H groups in total. The van der Waals surface area contributed by atoms with E-state index in [1.807, 2.05) is 0 Å². The van der Waals surface area contributed by atoms with Crippen molar-refractivity contribution in [3.63, 3.8) is 0 Å². The summed E-state index contributed by atoms with van der Waals surface area (Å²) >= 11 is 0. The maximum Gasteiger partial charge on any atom is 0.410 e. The third kappa shape index (κ3) is 13.5. The molecule has 1 aliphatic rings. The van der Waals surface area contributed by atoms with E-state index in [0.29, 0.717) is 44.6 Å². The second kappa shape index (κ2) is 15.6. The number of carbonyl (C=O) groups is 4. The molecule has 2 rings (SSSR count). The molecule has 0 saturated carbocycles. The lowest BCUT2D eigenvalue weighted by atomic mass is 10.1. The number of aliphatic hydroxyl groups excluding tert-OH is 1. The van der Waals surface area contributed by atoms with Gasteiger partial charge in [0.05, 0.1) is 18.3 Å². The molecule has 0 aromatic carbocycles.